The van der Waals surface area contributed by atoms with Crippen LogP contribution < -0.4 is 10.1 Å². The molecule has 0 fully saturated rings. The molecule has 0 aliphatic carbocycles. The van der Waals surface area contributed by atoms with Gasteiger partial charge in [0.1, 0.15) is 12.4 Å². The molecule has 0 spiro atoms. The zero-order valence-electron chi connectivity index (χ0n) is 12.6. The molecule has 3 nitrogen and oxygen atoms in total. The number of benzene rings is 2. The van der Waals surface area contributed by atoms with Gasteiger partial charge in [0.15, 0.2) is 0 Å². The normalized spacial score (nSPS) is 10.3. The zero-order chi connectivity index (χ0) is 15.8. The average Bonchev–Trinajstić information content (AvgIpc) is 2.53. The third-order valence-electron chi connectivity index (χ3n) is 3.26. The molecule has 2 aromatic carbocycles. The first kappa shape index (κ1) is 16.4. The van der Waals surface area contributed by atoms with E-state index < -0.39 is 0 Å². The van der Waals surface area contributed by atoms with Gasteiger partial charge in [0.05, 0.1) is 0 Å². The molecule has 0 aliphatic rings. The number of amides is 1. The Kier molecular flexibility index (Phi) is 6.28. The van der Waals surface area contributed by atoms with Gasteiger partial charge in [-0.15, -0.1) is 11.6 Å². The summed E-state index contributed by atoms with van der Waals surface area (Å²) in [7, 11) is 0. The van der Waals surface area contributed by atoms with Gasteiger partial charge in [0.25, 0.3) is 0 Å². The summed E-state index contributed by atoms with van der Waals surface area (Å²) < 4.78 is 5.79. The largest absolute Gasteiger partial charge is 0.489 e. The van der Waals surface area contributed by atoms with Crippen molar-refractivity contribution in [3.05, 3.63) is 59.7 Å². The number of aryl methyl sites for hydroxylation is 1. The molecule has 0 atom stereocenters. The van der Waals surface area contributed by atoms with Gasteiger partial charge >= 0.3 is 0 Å². The Morgan fingerprint density at radius 1 is 1.14 bits per heavy atom. The summed E-state index contributed by atoms with van der Waals surface area (Å²) in [5.74, 6) is 1.38. The number of alkyl halides is 1. The Morgan fingerprint density at radius 2 is 1.86 bits per heavy atom. The van der Waals surface area contributed by atoms with E-state index in [-0.39, 0.29) is 5.91 Å². The maximum Gasteiger partial charge on any atom is 0.224 e. The standard InChI is InChI=1S/C18H20ClNO2/c1-14-5-2-3-6-17(14)22-13-15-8-10-16(11-9-15)20-18(21)7-4-12-19/h2-3,5-6,8-11H,4,7,12-13H2,1H3,(H,20,21). The van der Waals surface area contributed by atoms with E-state index in [1.54, 1.807) is 0 Å². The average molecular weight is 318 g/mol. The molecule has 116 valence electrons. The fourth-order valence-corrected chi connectivity index (χ4v) is 2.15. The summed E-state index contributed by atoms with van der Waals surface area (Å²) in [6.45, 7) is 2.53. The van der Waals surface area contributed by atoms with Crippen molar-refractivity contribution in [2.75, 3.05) is 11.2 Å². The van der Waals surface area contributed by atoms with E-state index in [1.807, 2.05) is 55.5 Å². The van der Waals surface area contributed by atoms with E-state index in [2.05, 4.69) is 5.32 Å². The number of rotatable bonds is 7. The Hall–Kier alpha value is -2.00. The number of para-hydroxylation sites is 1. The SMILES string of the molecule is Cc1ccccc1OCc1ccc(NC(=O)CCCCl)cc1. The van der Waals surface area contributed by atoms with Crippen LogP contribution in [-0.4, -0.2) is 11.8 Å². The van der Waals surface area contributed by atoms with Gasteiger partial charge in [-0.3, -0.25) is 4.79 Å². The second-order valence-electron chi connectivity index (χ2n) is 5.09. The lowest BCUT2D eigenvalue weighted by atomic mass is 10.2. The highest BCUT2D eigenvalue weighted by Gasteiger charge is 2.03. The first-order valence-corrected chi connectivity index (χ1v) is 7.85. The van der Waals surface area contributed by atoms with Crippen molar-refractivity contribution in [2.45, 2.75) is 26.4 Å². The molecule has 0 radical (unpaired) electrons. The van der Waals surface area contributed by atoms with Crippen molar-refractivity contribution in [3.8, 4) is 5.75 Å². The molecule has 2 aromatic rings. The molecular formula is C18H20ClNO2. The first-order valence-electron chi connectivity index (χ1n) is 7.32. The number of hydrogen-bond donors (Lipinski definition) is 1. The maximum absolute atomic E-state index is 11.6. The maximum atomic E-state index is 11.6. The first-order chi connectivity index (χ1) is 10.7. The molecule has 1 amide bonds. The smallest absolute Gasteiger partial charge is 0.224 e. The lowest BCUT2D eigenvalue weighted by Gasteiger charge is -2.10. The summed E-state index contributed by atoms with van der Waals surface area (Å²) >= 11 is 5.57. The van der Waals surface area contributed by atoms with Crippen molar-refractivity contribution in [2.24, 2.45) is 0 Å². The predicted octanol–water partition coefficient (Wildman–Crippen LogP) is 4.53. The summed E-state index contributed by atoms with van der Waals surface area (Å²) in [5, 5.41) is 2.85. The number of halogens is 1. The highest BCUT2D eigenvalue weighted by Crippen LogP contribution is 2.18. The van der Waals surface area contributed by atoms with E-state index in [1.165, 1.54) is 0 Å². The lowest BCUT2D eigenvalue weighted by Crippen LogP contribution is -2.11. The van der Waals surface area contributed by atoms with E-state index in [4.69, 9.17) is 16.3 Å². The van der Waals surface area contributed by atoms with Gasteiger partial charge in [-0.25, -0.2) is 0 Å². The molecule has 0 saturated carbocycles. The zero-order valence-corrected chi connectivity index (χ0v) is 13.4. The molecule has 0 bridgehead atoms. The molecular weight excluding hydrogens is 298 g/mol. The van der Waals surface area contributed by atoms with Gasteiger partial charge in [-0.1, -0.05) is 30.3 Å². The van der Waals surface area contributed by atoms with Crippen molar-refractivity contribution >= 4 is 23.2 Å². The second-order valence-corrected chi connectivity index (χ2v) is 5.47. The van der Waals surface area contributed by atoms with Crippen LogP contribution in [0.1, 0.15) is 24.0 Å². The third-order valence-corrected chi connectivity index (χ3v) is 3.53. The minimum atomic E-state index is -0.00967. The summed E-state index contributed by atoms with van der Waals surface area (Å²) in [4.78, 5) is 11.6. The van der Waals surface area contributed by atoms with Gasteiger partial charge in [0.2, 0.25) is 5.91 Å². The van der Waals surface area contributed by atoms with Gasteiger partial charge in [-0.05, 0) is 42.7 Å². The van der Waals surface area contributed by atoms with Crippen LogP contribution in [0.4, 0.5) is 5.69 Å². The molecule has 22 heavy (non-hydrogen) atoms. The quantitative estimate of drug-likeness (QED) is 0.762. The Morgan fingerprint density at radius 3 is 2.55 bits per heavy atom. The minimum Gasteiger partial charge on any atom is -0.489 e. The molecule has 0 heterocycles. The van der Waals surface area contributed by atoms with Crippen LogP contribution in [0.3, 0.4) is 0 Å². The Bertz CT molecular complexity index is 611. The fourth-order valence-electron chi connectivity index (χ4n) is 2.01. The van der Waals surface area contributed by atoms with Crippen LogP contribution in [0.5, 0.6) is 5.75 Å². The van der Waals surface area contributed by atoms with E-state index in [9.17, 15) is 4.79 Å². The Balaban J connectivity index is 1.87. The molecule has 4 heteroatoms. The number of carbonyl (C=O) groups excluding carboxylic acids is 1. The van der Waals surface area contributed by atoms with Crippen LogP contribution in [0.2, 0.25) is 0 Å². The number of anilines is 1. The number of carbonyl (C=O) groups is 1. The second kappa shape index (κ2) is 8.44. The van der Waals surface area contributed by atoms with Crippen molar-refractivity contribution < 1.29 is 9.53 Å². The van der Waals surface area contributed by atoms with Crippen molar-refractivity contribution in [1.82, 2.24) is 0 Å². The van der Waals surface area contributed by atoms with Crippen LogP contribution in [0.15, 0.2) is 48.5 Å². The van der Waals surface area contributed by atoms with Crippen molar-refractivity contribution in [3.63, 3.8) is 0 Å². The molecule has 0 unspecified atom stereocenters. The van der Waals surface area contributed by atoms with E-state index in [0.29, 0.717) is 25.3 Å². The number of ether oxygens (including phenoxy) is 1. The van der Waals surface area contributed by atoms with E-state index >= 15 is 0 Å². The lowest BCUT2D eigenvalue weighted by molar-refractivity contribution is -0.116. The van der Waals surface area contributed by atoms with Gasteiger partial charge in [0, 0.05) is 18.0 Å². The summed E-state index contributed by atoms with van der Waals surface area (Å²) in [6.07, 6.45) is 1.14. The van der Waals surface area contributed by atoms with Crippen molar-refractivity contribution in [1.29, 1.82) is 0 Å². The highest BCUT2D eigenvalue weighted by molar-refractivity contribution is 6.18. The van der Waals surface area contributed by atoms with Crippen LogP contribution >= 0.6 is 11.6 Å². The van der Waals surface area contributed by atoms with Crippen LogP contribution in [-0.2, 0) is 11.4 Å². The fraction of sp³-hybridized carbons (Fsp3) is 0.278. The predicted molar refractivity (Wildman–Crippen MR) is 90.5 cm³/mol. The molecule has 0 saturated heterocycles. The van der Waals surface area contributed by atoms with Crippen LogP contribution in [0.25, 0.3) is 0 Å². The summed E-state index contributed by atoms with van der Waals surface area (Å²) in [6, 6.07) is 15.6. The monoisotopic (exact) mass is 317 g/mol. The summed E-state index contributed by atoms with van der Waals surface area (Å²) in [5.41, 5.74) is 2.96. The Labute approximate surface area is 136 Å². The topological polar surface area (TPSA) is 38.3 Å². The van der Waals surface area contributed by atoms with Gasteiger partial charge in [-0.2, -0.15) is 0 Å². The minimum absolute atomic E-state index is 0.00967. The number of hydrogen-bond acceptors (Lipinski definition) is 2. The molecule has 0 aliphatic heterocycles. The highest BCUT2D eigenvalue weighted by atomic mass is 35.5. The van der Waals surface area contributed by atoms with Gasteiger partial charge < -0.3 is 10.1 Å². The van der Waals surface area contributed by atoms with Crippen LogP contribution in [0, 0.1) is 6.92 Å². The molecule has 2 rings (SSSR count). The molecule has 1 N–H and O–H groups in total. The number of nitrogens with one attached hydrogen (secondary N) is 1. The molecule has 0 aromatic heterocycles. The third kappa shape index (κ3) is 5.08. The van der Waals surface area contributed by atoms with E-state index in [0.717, 1.165) is 22.6 Å².